The highest BCUT2D eigenvalue weighted by molar-refractivity contribution is 5.40. The monoisotopic (exact) mass is 270 g/mol. The molecule has 104 valence electrons. The van der Waals surface area contributed by atoms with E-state index in [9.17, 15) is 5.11 Å². The average Bonchev–Trinajstić information content (AvgIpc) is 2.63. The Morgan fingerprint density at radius 1 is 1.05 bits per heavy atom. The molecule has 0 saturated heterocycles. The Kier molecular flexibility index (Phi) is 3.54. The van der Waals surface area contributed by atoms with Crippen LogP contribution >= 0.6 is 0 Å². The van der Waals surface area contributed by atoms with Crippen LogP contribution in [0.2, 0.25) is 0 Å². The van der Waals surface area contributed by atoms with Crippen molar-refractivity contribution in [3.05, 3.63) is 41.3 Å². The number of fused-ring (bicyclic) bond motifs is 1. The van der Waals surface area contributed by atoms with E-state index >= 15 is 0 Å². The summed E-state index contributed by atoms with van der Waals surface area (Å²) in [5, 5.41) is 9.64. The van der Waals surface area contributed by atoms with Crippen molar-refractivity contribution in [2.45, 2.75) is 39.0 Å². The second-order valence-electron chi connectivity index (χ2n) is 5.27. The number of benzene rings is 1. The summed E-state index contributed by atoms with van der Waals surface area (Å²) in [4.78, 5) is 8.65. The Labute approximate surface area is 118 Å². The van der Waals surface area contributed by atoms with Crippen molar-refractivity contribution in [2.75, 3.05) is 0 Å². The lowest BCUT2D eigenvalue weighted by molar-refractivity contribution is 0.438. The molecule has 1 N–H and O–H groups in total. The van der Waals surface area contributed by atoms with E-state index in [-0.39, 0.29) is 5.75 Å². The SMILES string of the molecule is Cc1cc(O)cc(Oc2ncnc3c2CCCCC3)c1. The summed E-state index contributed by atoms with van der Waals surface area (Å²) in [5.74, 6) is 1.45. The molecule has 0 unspecified atom stereocenters. The standard InChI is InChI=1S/C16H18N2O2/c1-11-7-12(19)9-13(8-11)20-16-14-5-3-2-4-6-15(14)17-10-18-16/h7-10,19H,2-6H2,1H3. The van der Waals surface area contributed by atoms with Crippen molar-refractivity contribution < 1.29 is 9.84 Å². The number of phenols is 1. The van der Waals surface area contributed by atoms with Gasteiger partial charge in [0, 0.05) is 11.6 Å². The molecule has 0 amide bonds. The van der Waals surface area contributed by atoms with E-state index in [2.05, 4.69) is 9.97 Å². The Hall–Kier alpha value is -2.10. The minimum atomic E-state index is 0.208. The maximum atomic E-state index is 9.64. The van der Waals surface area contributed by atoms with Gasteiger partial charge in [-0.2, -0.15) is 0 Å². The summed E-state index contributed by atoms with van der Waals surface area (Å²) >= 11 is 0. The van der Waals surface area contributed by atoms with Gasteiger partial charge in [-0.25, -0.2) is 9.97 Å². The smallest absolute Gasteiger partial charge is 0.225 e. The molecule has 0 fully saturated rings. The first-order chi connectivity index (χ1) is 9.72. The molecule has 0 radical (unpaired) electrons. The molecule has 1 aliphatic carbocycles. The Morgan fingerprint density at radius 3 is 2.75 bits per heavy atom. The van der Waals surface area contributed by atoms with Gasteiger partial charge in [0.25, 0.3) is 0 Å². The van der Waals surface area contributed by atoms with Crippen molar-refractivity contribution >= 4 is 0 Å². The fourth-order valence-electron chi connectivity index (χ4n) is 2.65. The third kappa shape index (κ3) is 2.74. The lowest BCUT2D eigenvalue weighted by Gasteiger charge is -2.12. The third-order valence-electron chi connectivity index (χ3n) is 3.59. The van der Waals surface area contributed by atoms with Crippen LogP contribution < -0.4 is 4.74 Å². The lowest BCUT2D eigenvalue weighted by Crippen LogP contribution is -2.01. The van der Waals surface area contributed by atoms with Crippen molar-refractivity contribution in [2.24, 2.45) is 0 Å². The zero-order valence-corrected chi connectivity index (χ0v) is 11.6. The molecule has 1 aromatic carbocycles. The first-order valence-electron chi connectivity index (χ1n) is 7.03. The molecule has 1 aliphatic rings. The van der Waals surface area contributed by atoms with Crippen LogP contribution in [-0.4, -0.2) is 15.1 Å². The molecule has 0 spiro atoms. The number of nitrogens with zero attached hydrogens (tertiary/aromatic N) is 2. The average molecular weight is 270 g/mol. The minimum Gasteiger partial charge on any atom is -0.508 e. The first-order valence-corrected chi connectivity index (χ1v) is 7.03. The molecule has 1 heterocycles. The van der Waals surface area contributed by atoms with Gasteiger partial charge >= 0.3 is 0 Å². The second kappa shape index (κ2) is 5.49. The number of phenolic OH excluding ortho intramolecular Hbond substituents is 1. The molecule has 0 atom stereocenters. The van der Waals surface area contributed by atoms with E-state index < -0.39 is 0 Å². The van der Waals surface area contributed by atoms with Crippen LogP contribution in [0.5, 0.6) is 17.4 Å². The van der Waals surface area contributed by atoms with E-state index in [0.29, 0.717) is 11.6 Å². The first kappa shape index (κ1) is 12.9. The quantitative estimate of drug-likeness (QED) is 0.848. The maximum Gasteiger partial charge on any atom is 0.225 e. The molecule has 20 heavy (non-hydrogen) atoms. The zero-order valence-electron chi connectivity index (χ0n) is 11.6. The summed E-state index contributed by atoms with van der Waals surface area (Å²) in [6.45, 7) is 1.92. The maximum absolute atomic E-state index is 9.64. The van der Waals surface area contributed by atoms with Gasteiger partial charge in [0.05, 0.1) is 5.69 Å². The summed E-state index contributed by atoms with van der Waals surface area (Å²) in [6.07, 6.45) is 7.07. The predicted octanol–water partition coefficient (Wildman–Crippen LogP) is 3.55. The van der Waals surface area contributed by atoms with Crippen LogP contribution in [-0.2, 0) is 12.8 Å². The number of hydrogen-bond donors (Lipinski definition) is 1. The highest BCUT2D eigenvalue weighted by Gasteiger charge is 2.16. The van der Waals surface area contributed by atoms with Gasteiger partial charge in [0.1, 0.15) is 17.8 Å². The predicted molar refractivity (Wildman–Crippen MR) is 76.2 cm³/mol. The van der Waals surface area contributed by atoms with Gasteiger partial charge in [0.2, 0.25) is 5.88 Å². The molecule has 4 nitrogen and oxygen atoms in total. The minimum absolute atomic E-state index is 0.208. The van der Waals surface area contributed by atoms with Crippen molar-refractivity contribution in [1.82, 2.24) is 9.97 Å². The van der Waals surface area contributed by atoms with Gasteiger partial charge in [-0.15, -0.1) is 0 Å². The van der Waals surface area contributed by atoms with E-state index in [1.54, 1.807) is 18.5 Å². The number of ether oxygens (including phenoxy) is 1. The Morgan fingerprint density at radius 2 is 1.90 bits per heavy atom. The van der Waals surface area contributed by atoms with Crippen LogP contribution in [0.1, 0.15) is 36.1 Å². The fourth-order valence-corrected chi connectivity index (χ4v) is 2.65. The van der Waals surface area contributed by atoms with Gasteiger partial charge in [-0.3, -0.25) is 0 Å². The zero-order chi connectivity index (χ0) is 13.9. The van der Waals surface area contributed by atoms with Gasteiger partial charge in [-0.05, 0) is 50.3 Å². The normalized spacial score (nSPS) is 14.4. The van der Waals surface area contributed by atoms with Crippen LogP contribution in [0.3, 0.4) is 0 Å². The summed E-state index contributed by atoms with van der Waals surface area (Å²) < 4.78 is 5.88. The van der Waals surface area contributed by atoms with Gasteiger partial charge < -0.3 is 9.84 Å². The van der Waals surface area contributed by atoms with E-state index in [0.717, 1.165) is 36.1 Å². The van der Waals surface area contributed by atoms with E-state index in [1.807, 2.05) is 13.0 Å². The fraction of sp³-hybridized carbons (Fsp3) is 0.375. The van der Waals surface area contributed by atoms with Gasteiger partial charge in [-0.1, -0.05) is 6.42 Å². The number of aryl methyl sites for hydroxylation is 2. The molecular formula is C16H18N2O2. The summed E-state index contributed by atoms with van der Waals surface area (Å²) in [6, 6.07) is 5.20. The highest BCUT2D eigenvalue weighted by atomic mass is 16.5. The Bertz CT molecular complexity index is 606. The van der Waals surface area contributed by atoms with Gasteiger partial charge in [0.15, 0.2) is 0 Å². The van der Waals surface area contributed by atoms with Crippen molar-refractivity contribution in [1.29, 1.82) is 0 Å². The molecule has 0 saturated carbocycles. The van der Waals surface area contributed by atoms with Crippen molar-refractivity contribution in [3.63, 3.8) is 0 Å². The van der Waals surface area contributed by atoms with E-state index in [1.165, 1.54) is 12.8 Å². The largest absolute Gasteiger partial charge is 0.508 e. The van der Waals surface area contributed by atoms with Crippen LogP contribution in [0.15, 0.2) is 24.5 Å². The number of aromatic nitrogens is 2. The third-order valence-corrected chi connectivity index (χ3v) is 3.59. The summed E-state index contributed by atoms with van der Waals surface area (Å²) in [7, 11) is 0. The molecule has 2 aromatic rings. The van der Waals surface area contributed by atoms with Crippen LogP contribution in [0, 0.1) is 6.92 Å². The number of aromatic hydroxyl groups is 1. The molecule has 0 bridgehead atoms. The molecular weight excluding hydrogens is 252 g/mol. The molecule has 4 heteroatoms. The van der Waals surface area contributed by atoms with Crippen LogP contribution in [0.25, 0.3) is 0 Å². The number of rotatable bonds is 2. The second-order valence-corrected chi connectivity index (χ2v) is 5.27. The van der Waals surface area contributed by atoms with E-state index in [4.69, 9.17) is 4.74 Å². The molecule has 3 rings (SSSR count). The Balaban J connectivity index is 1.94. The highest BCUT2D eigenvalue weighted by Crippen LogP contribution is 2.30. The molecule has 0 aliphatic heterocycles. The number of hydrogen-bond acceptors (Lipinski definition) is 4. The van der Waals surface area contributed by atoms with Crippen LogP contribution in [0.4, 0.5) is 0 Å². The lowest BCUT2D eigenvalue weighted by atomic mass is 10.1. The van der Waals surface area contributed by atoms with Crippen molar-refractivity contribution in [3.8, 4) is 17.4 Å². The topological polar surface area (TPSA) is 55.2 Å². The summed E-state index contributed by atoms with van der Waals surface area (Å²) in [5.41, 5.74) is 3.18. The molecule has 1 aromatic heterocycles.